The van der Waals surface area contributed by atoms with Crippen LogP contribution in [0.25, 0.3) is 0 Å². The van der Waals surface area contributed by atoms with E-state index in [9.17, 15) is 4.79 Å². The second-order valence-electron chi connectivity index (χ2n) is 5.71. The first kappa shape index (κ1) is 13.4. The number of amides is 1. The van der Waals surface area contributed by atoms with Gasteiger partial charge < -0.3 is 4.74 Å². The third-order valence-corrected chi connectivity index (χ3v) is 3.29. The lowest BCUT2D eigenvalue weighted by Gasteiger charge is -2.31. The second-order valence-corrected chi connectivity index (χ2v) is 5.71. The summed E-state index contributed by atoms with van der Waals surface area (Å²) in [7, 11) is 0. The smallest absolute Gasteiger partial charge is 0.415 e. The van der Waals surface area contributed by atoms with E-state index in [4.69, 9.17) is 10.00 Å². The molecule has 1 saturated heterocycles. The molecule has 1 heterocycles. The maximum Gasteiger partial charge on any atom is 0.415 e. The molecular formula is C15H18N2O2. The maximum absolute atomic E-state index is 11.8. The number of anilines is 1. The van der Waals surface area contributed by atoms with Crippen molar-refractivity contribution in [2.24, 2.45) is 0 Å². The van der Waals surface area contributed by atoms with Gasteiger partial charge in [-0.3, -0.25) is 4.90 Å². The van der Waals surface area contributed by atoms with Gasteiger partial charge in [-0.15, -0.1) is 0 Å². The summed E-state index contributed by atoms with van der Waals surface area (Å²) in [6, 6.07) is 9.44. The molecule has 0 spiro atoms. The number of carbonyl (C=O) groups is 1. The zero-order chi connectivity index (χ0) is 14.0. The third kappa shape index (κ3) is 2.70. The van der Waals surface area contributed by atoms with Crippen molar-refractivity contribution in [3.63, 3.8) is 0 Å². The van der Waals surface area contributed by atoms with Crippen LogP contribution in [-0.4, -0.2) is 18.7 Å². The predicted octanol–water partition coefficient (Wildman–Crippen LogP) is 3.22. The molecule has 0 N–H and O–H groups in total. The van der Waals surface area contributed by atoms with Gasteiger partial charge in [-0.1, -0.05) is 32.9 Å². The van der Waals surface area contributed by atoms with Crippen LogP contribution in [0.1, 0.15) is 32.8 Å². The summed E-state index contributed by atoms with van der Waals surface area (Å²) < 4.78 is 5.01. The molecule has 1 unspecified atom stereocenters. The van der Waals surface area contributed by atoms with Crippen LogP contribution in [0.5, 0.6) is 0 Å². The van der Waals surface area contributed by atoms with Crippen LogP contribution in [0.15, 0.2) is 24.3 Å². The van der Waals surface area contributed by atoms with E-state index in [1.54, 1.807) is 0 Å². The molecule has 1 aromatic carbocycles. The van der Waals surface area contributed by atoms with Gasteiger partial charge in [0.1, 0.15) is 6.04 Å². The van der Waals surface area contributed by atoms with E-state index in [2.05, 4.69) is 26.8 Å². The number of nitriles is 1. The monoisotopic (exact) mass is 258 g/mol. The minimum atomic E-state index is -0.443. The summed E-state index contributed by atoms with van der Waals surface area (Å²) >= 11 is 0. The van der Waals surface area contributed by atoms with E-state index in [0.717, 1.165) is 0 Å². The summed E-state index contributed by atoms with van der Waals surface area (Å²) in [6.07, 6.45) is 0.102. The average Bonchev–Trinajstić information content (AvgIpc) is 2.37. The molecule has 2 rings (SSSR count). The number of benzene rings is 1. The first-order chi connectivity index (χ1) is 8.93. The molecule has 100 valence electrons. The number of rotatable bonds is 1. The zero-order valence-electron chi connectivity index (χ0n) is 11.5. The number of hydrogen-bond acceptors (Lipinski definition) is 3. The molecule has 19 heavy (non-hydrogen) atoms. The quantitative estimate of drug-likeness (QED) is 0.777. The molecule has 0 saturated carbocycles. The molecular weight excluding hydrogens is 240 g/mol. The Morgan fingerprint density at radius 3 is 2.47 bits per heavy atom. The Morgan fingerprint density at radius 1 is 1.32 bits per heavy atom. The Labute approximate surface area is 113 Å². The molecule has 1 aliphatic heterocycles. The fourth-order valence-electron chi connectivity index (χ4n) is 2.11. The predicted molar refractivity (Wildman–Crippen MR) is 73.0 cm³/mol. The Kier molecular flexibility index (Phi) is 3.48. The molecule has 1 aliphatic rings. The van der Waals surface area contributed by atoms with Gasteiger partial charge >= 0.3 is 6.09 Å². The standard InChI is InChI=1S/C15H18N2O2/c1-15(2,3)11-4-6-12(7-5-11)17-13(10-16)8-9-19-14(17)18/h4-7,13H,8-9H2,1-3H3. The van der Waals surface area contributed by atoms with Crippen molar-refractivity contribution in [2.75, 3.05) is 11.5 Å². The highest BCUT2D eigenvalue weighted by molar-refractivity contribution is 5.89. The minimum absolute atomic E-state index is 0.0650. The Hall–Kier alpha value is -2.02. The molecule has 4 nitrogen and oxygen atoms in total. The first-order valence-electron chi connectivity index (χ1n) is 6.39. The van der Waals surface area contributed by atoms with E-state index in [-0.39, 0.29) is 5.41 Å². The fraction of sp³-hybridized carbons (Fsp3) is 0.467. The van der Waals surface area contributed by atoms with Crippen LogP contribution < -0.4 is 4.90 Å². The lowest BCUT2D eigenvalue weighted by atomic mass is 9.87. The highest BCUT2D eigenvalue weighted by Crippen LogP contribution is 2.27. The Balaban J connectivity index is 2.30. The first-order valence-corrected chi connectivity index (χ1v) is 6.39. The van der Waals surface area contributed by atoms with Crippen LogP contribution in [-0.2, 0) is 10.2 Å². The molecule has 1 amide bonds. The number of hydrogen-bond donors (Lipinski definition) is 0. The lowest BCUT2D eigenvalue weighted by Crippen LogP contribution is -2.45. The number of ether oxygens (including phenoxy) is 1. The molecule has 1 fully saturated rings. The zero-order valence-corrected chi connectivity index (χ0v) is 11.5. The van der Waals surface area contributed by atoms with E-state index in [1.165, 1.54) is 10.5 Å². The number of cyclic esters (lactones) is 1. The van der Waals surface area contributed by atoms with E-state index < -0.39 is 12.1 Å². The van der Waals surface area contributed by atoms with Crippen LogP contribution in [0.3, 0.4) is 0 Å². The third-order valence-electron chi connectivity index (χ3n) is 3.29. The van der Waals surface area contributed by atoms with Crippen LogP contribution in [0.4, 0.5) is 10.5 Å². The molecule has 1 atom stereocenters. The van der Waals surface area contributed by atoms with Gasteiger partial charge in [-0.2, -0.15) is 5.26 Å². The van der Waals surface area contributed by atoms with Crippen molar-refractivity contribution in [2.45, 2.75) is 38.6 Å². The highest BCUT2D eigenvalue weighted by atomic mass is 16.6. The van der Waals surface area contributed by atoms with Gasteiger partial charge in [0.15, 0.2) is 0 Å². The van der Waals surface area contributed by atoms with Crippen LogP contribution in [0.2, 0.25) is 0 Å². The van der Waals surface area contributed by atoms with Crippen LogP contribution in [0, 0.1) is 11.3 Å². The normalized spacial score (nSPS) is 19.8. The second kappa shape index (κ2) is 4.93. The molecule has 0 bridgehead atoms. The van der Waals surface area contributed by atoms with E-state index >= 15 is 0 Å². The summed E-state index contributed by atoms with van der Waals surface area (Å²) in [5.74, 6) is 0. The van der Waals surface area contributed by atoms with Crippen molar-refractivity contribution < 1.29 is 9.53 Å². The van der Waals surface area contributed by atoms with Gasteiger partial charge in [-0.05, 0) is 23.1 Å². The summed E-state index contributed by atoms with van der Waals surface area (Å²) in [5.41, 5.74) is 1.97. The van der Waals surface area contributed by atoms with Crippen molar-refractivity contribution in [3.8, 4) is 6.07 Å². The summed E-state index contributed by atoms with van der Waals surface area (Å²) in [5, 5.41) is 9.12. The van der Waals surface area contributed by atoms with Crippen molar-refractivity contribution in [1.29, 1.82) is 5.26 Å². The summed E-state index contributed by atoms with van der Waals surface area (Å²) in [4.78, 5) is 13.2. The van der Waals surface area contributed by atoms with Gasteiger partial charge in [0, 0.05) is 12.1 Å². The van der Waals surface area contributed by atoms with Crippen LogP contribution >= 0.6 is 0 Å². The topological polar surface area (TPSA) is 53.3 Å². The van der Waals surface area contributed by atoms with Gasteiger partial charge in [0.05, 0.1) is 12.7 Å². The Morgan fingerprint density at radius 2 is 1.95 bits per heavy atom. The number of nitrogens with zero attached hydrogens (tertiary/aromatic N) is 2. The molecule has 0 aliphatic carbocycles. The van der Waals surface area contributed by atoms with Gasteiger partial charge in [0.25, 0.3) is 0 Å². The number of carbonyl (C=O) groups excluding carboxylic acids is 1. The molecule has 4 heteroatoms. The molecule has 1 aromatic rings. The highest BCUT2D eigenvalue weighted by Gasteiger charge is 2.31. The molecule has 0 aromatic heterocycles. The van der Waals surface area contributed by atoms with Crippen molar-refractivity contribution in [1.82, 2.24) is 0 Å². The fourth-order valence-corrected chi connectivity index (χ4v) is 2.11. The van der Waals surface area contributed by atoms with E-state index in [0.29, 0.717) is 18.7 Å². The van der Waals surface area contributed by atoms with Gasteiger partial charge in [-0.25, -0.2) is 4.79 Å². The summed E-state index contributed by atoms with van der Waals surface area (Å²) in [6.45, 7) is 6.72. The minimum Gasteiger partial charge on any atom is -0.449 e. The molecule has 0 radical (unpaired) electrons. The largest absolute Gasteiger partial charge is 0.449 e. The van der Waals surface area contributed by atoms with Crippen molar-refractivity contribution in [3.05, 3.63) is 29.8 Å². The van der Waals surface area contributed by atoms with Crippen molar-refractivity contribution >= 4 is 11.8 Å². The average molecular weight is 258 g/mol. The van der Waals surface area contributed by atoms with Gasteiger partial charge in [0.2, 0.25) is 0 Å². The SMILES string of the molecule is CC(C)(C)c1ccc(N2C(=O)OCCC2C#N)cc1. The lowest BCUT2D eigenvalue weighted by molar-refractivity contribution is 0.134. The van der Waals surface area contributed by atoms with E-state index in [1.807, 2.05) is 24.3 Å². The maximum atomic E-state index is 11.8. The Bertz CT molecular complexity index is 508.